The summed E-state index contributed by atoms with van der Waals surface area (Å²) >= 11 is 0. The number of carbonyl (C=O) groups is 1. The molecule has 0 N–H and O–H groups in total. The number of fused-ring (bicyclic) bond motifs is 3. The van der Waals surface area contributed by atoms with E-state index in [9.17, 15) is 9.59 Å². The molecule has 0 spiro atoms. The molecule has 0 radical (unpaired) electrons. The van der Waals surface area contributed by atoms with E-state index < -0.39 is 11.7 Å². The molecule has 0 unspecified atom stereocenters. The number of hydrogen-bond donors (Lipinski definition) is 0. The van der Waals surface area contributed by atoms with E-state index in [1.54, 1.807) is 25.1 Å². The molecule has 0 bridgehead atoms. The molecule has 0 aliphatic carbocycles. The van der Waals surface area contributed by atoms with Gasteiger partial charge in [0, 0.05) is 11.6 Å². The molecule has 1 aromatic heterocycles. The van der Waals surface area contributed by atoms with Crippen LogP contribution in [0.5, 0.6) is 23.0 Å². The van der Waals surface area contributed by atoms with Gasteiger partial charge in [-0.3, -0.25) is 4.79 Å². The van der Waals surface area contributed by atoms with Gasteiger partial charge in [-0.25, -0.2) is 4.79 Å². The van der Waals surface area contributed by atoms with Crippen molar-refractivity contribution >= 4 is 16.8 Å². The van der Waals surface area contributed by atoms with Crippen LogP contribution >= 0.6 is 0 Å². The minimum Gasteiger partial charge on any atom is -0.493 e. The van der Waals surface area contributed by atoms with Gasteiger partial charge >= 0.3 is 5.63 Å². The van der Waals surface area contributed by atoms with Crippen LogP contribution in [0.3, 0.4) is 0 Å². The first-order valence-corrected chi connectivity index (χ1v) is 9.45. The van der Waals surface area contributed by atoms with Gasteiger partial charge in [0.05, 0.1) is 38.7 Å². The molecule has 156 valence electrons. The maximum atomic E-state index is 13.1. The van der Waals surface area contributed by atoms with E-state index in [0.717, 1.165) is 0 Å². The number of methoxy groups -OCH3 is 3. The summed E-state index contributed by atoms with van der Waals surface area (Å²) in [5.74, 6) is 1.81. The topological polar surface area (TPSA) is 84.2 Å². The van der Waals surface area contributed by atoms with Crippen molar-refractivity contribution in [2.75, 3.05) is 21.3 Å². The Morgan fingerprint density at radius 2 is 1.57 bits per heavy atom. The Kier molecular flexibility index (Phi) is 4.89. The van der Waals surface area contributed by atoms with Crippen LogP contribution in [-0.2, 0) is 0 Å². The molecule has 1 aliphatic heterocycles. The average molecular weight is 410 g/mol. The van der Waals surface area contributed by atoms with Crippen LogP contribution in [0.1, 0.15) is 39.6 Å². The number of aryl methyl sites for hydroxylation is 2. The number of ketones is 1. The Bertz CT molecular complexity index is 1200. The highest BCUT2D eigenvalue weighted by Gasteiger charge is 2.33. The van der Waals surface area contributed by atoms with Gasteiger partial charge in [-0.05, 0) is 43.2 Å². The smallest absolute Gasteiger partial charge is 0.336 e. The molecule has 0 saturated carbocycles. The average Bonchev–Trinajstić information content (AvgIpc) is 2.71. The fourth-order valence-corrected chi connectivity index (χ4v) is 3.99. The highest BCUT2D eigenvalue weighted by atomic mass is 16.5. The highest BCUT2D eigenvalue weighted by molar-refractivity contribution is 6.07. The fraction of sp³-hybridized carbons (Fsp3) is 0.304. The van der Waals surface area contributed by atoms with Crippen molar-refractivity contribution in [1.82, 2.24) is 0 Å². The van der Waals surface area contributed by atoms with Gasteiger partial charge in [0.15, 0.2) is 17.3 Å². The predicted octanol–water partition coefficient (Wildman–Crippen LogP) is 4.14. The Hall–Kier alpha value is -3.48. The Morgan fingerprint density at radius 3 is 2.17 bits per heavy atom. The number of ether oxygens (including phenoxy) is 4. The Balaban J connectivity index is 1.90. The van der Waals surface area contributed by atoms with E-state index in [1.165, 1.54) is 27.4 Å². The second-order valence-corrected chi connectivity index (χ2v) is 7.21. The minimum absolute atomic E-state index is 0.0417. The molecular weight excluding hydrogens is 388 g/mol. The molecule has 4 rings (SSSR count). The van der Waals surface area contributed by atoms with Crippen molar-refractivity contribution in [2.24, 2.45) is 0 Å². The summed E-state index contributed by atoms with van der Waals surface area (Å²) in [6.45, 7) is 3.60. The van der Waals surface area contributed by atoms with E-state index in [-0.39, 0.29) is 12.2 Å². The second kappa shape index (κ2) is 7.40. The zero-order valence-corrected chi connectivity index (χ0v) is 17.5. The summed E-state index contributed by atoms with van der Waals surface area (Å²) in [6, 6.07) is 6.66. The molecule has 0 fully saturated rings. The van der Waals surface area contributed by atoms with E-state index in [1.807, 2.05) is 6.92 Å². The van der Waals surface area contributed by atoms with Crippen LogP contribution in [0.15, 0.2) is 33.5 Å². The standard InChI is InChI=1S/C23H22O7/c1-11-6-16-21(12(2)7-19(25)29-16)23-20(11)14(24)10-15(30-23)13-8-17(26-3)22(28-5)18(9-13)27-4/h6-9,15H,10H2,1-5H3/t15-/m1/s1. The molecule has 2 aromatic carbocycles. The molecule has 7 nitrogen and oxygen atoms in total. The summed E-state index contributed by atoms with van der Waals surface area (Å²) in [7, 11) is 4.60. The summed E-state index contributed by atoms with van der Waals surface area (Å²) in [6.07, 6.45) is -0.400. The number of benzene rings is 2. The van der Waals surface area contributed by atoms with Crippen LogP contribution < -0.4 is 24.6 Å². The summed E-state index contributed by atoms with van der Waals surface area (Å²) < 4.78 is 28.0. The van der Waals surface area contributed by atoms with Crippen molar-refractivity contribution in [3.63, 3.8) is 0 Å². The number of hydrogen-bond acceptors (Lipinski definition) is 7. The third-order valence-corrected chi connectivity index (χ3v) is 5.35. The van der Waals surface area contributed by atoms with Crippen LogP contribution in [-0.4, -0.2) is 27.1 Å². The van der Waals surface area contributed by atoms with Crippen LogP contribution in [0.4, 0.5) is 0 Å². The lowest BCUT2D eigenvalue weighted by molar-refractivity contribution is 0.0851. The number of carbonyl (C=O) groups excluding carboxylic acids is 1. The fourth-order valence-electron chi connectivity index (χ4n) is 3.99. The van der Waals surface area contributed by atoms with E-state index in [0.29, 0.717) is 56.2 Å². The third kappa shape index (κ3) is 3.07. The van der Waals surface area contributed by atoms with Gasteiger partial charge in [0.2, 0.25) is 5.75 Å². The molecule has 2 heterocycles. The SMILES string of the molecule is COc1cc([C@H]2CC(=O)c3c(C)cc4oc(=O)cc(C)c4c3O2)cc(OC)c1OC. The normalized spacial score (nSPS) is 15.5. The van der Waals surface area contributed by atoms with Gasteiger partial charge in [-0.15, -0.1) is 0 Å². The van der Waals surface area contributed by atoms with Crippen LogP contribution in [0.2, 0.25) is 0 Å². The van der Waals surface area contributed by atoms with E-state index in [2.05, 4.69) is 0 Å². The lowest BCUT2D eigenvalue weighted by atomic mass is 9.91. The summed E-state index contributed by atoms with van der Waals surface area (Å²) in [5.41, 5.74) is 2.59. The van der Waals surface area contributed by atoms with Crippen molar-refractivity contribution in [2.45, 2.75) is 26.4 Å². The minimum atomic E-state index is -0.560. The lowest BCUT2D eigenvalue weighted by Crippen LogP contribution is -2.22. The zero-order chi connectivity index (χ0) is 21.6. The van der Waals surface area contributed by atoms with Gasteiger partial charge < -0.3 is 23.4 Å². The largest absolute Gasteiger partial charge is 0.493 e. The van der Waals surface area contributed by atoms with Crippen molar-refractivity contribution < 1.29 is 28.2 Å². The number of Topliss-reactive ketones (excluding diaryl/α,β-unsaturated/α-hetero) is 1. The Labute approximate surface area is 173 Å². The van der Waals surface area contributed by atoms with Gasteiger partial charge in [-0.1, -0.05) is 0 Å². The molecule has 0 amide bonds. The molecule has 1 aliphatic rings. The van der Waals surface area contributed by atoms with Crippen molar-refractivity contribution in [3.05, 3.63) is 56.9 Å². The highest BCUT2D eigenvalue weighted by Crippen LogP contribution is 2.45. The molecule has 30 heavy (non-hydrogen) atoms. The zero-order valence-electron chi connectivity index (χ0n) is 17.5. The number of rotatable bonds is 4. The molecule has 7 heteroatoms. The Morgan fingerprint density at radius 1 is 0.900 bits per heavy atom. The molecular formula is C23H22O7. The van der Waals surface area contributed by atoms with Gasteiger partial charge in [-0.2, -0.15) is 0 Å². The monoisotopic (exact) mass is 410 g/mol. The quantitative estimate of drug-likeness (QED) is 0.598. The van der Waals surface area contributed by atoms with Crippen LogP contribution in [0, 0.1) is 13.8 Å². The third-order valence-electron chi connectivity index (χ3n) is 5.35. The van der Waals surface area contributed by atoms with E-state index in [4.69, 9.17) is 23.4 Å². The maximum Gasteiger partial charge on any atom is 0.336 e. The first kappa shape index (κ1) is 19.8. The summed E-state index contributed by atoms with van der Waals surface area (Å²) in [4.78, 5) is 24.9. The van der Waals surface area contributed by atoms with Crippen molar-refractivity contribution in [1.29, 1.82) is 0 Å². The molecule has 3 aromatic rings. The van der Waals surface area contributed by atoms with Gasteiger partial charge in [0.25, 0.3) is 0 Å². The first-order valence-electron chi connectivity index (χ1n) is 9.45. The maximum absolute atomic E-state index is 13.1. The molecule has 0 saturated heterocycles. The van der Waals surface area contributed by atoms with Crippen molar-refractivity contribution in [3.8, 4) is 23.0 Å². The first-order chi connectivity index (χ1) is 14.4. The van der Waals surface area contributed by atoms with Crippen LogP contribution in [0.25, 0.3) is 11.0 Å². The second-order valence-electron chi connectivity index (χ2n) is 7.21. The summed E-state index contributed by atoms with van der Waals surface area (Å²) in [5, 5.41) is 0.626. The molecule has 1 atom stereocenters. The van der Waals surface area contributed by atoms with E-state index >= 15 is 0 Å². The predicted molar refractivity (Wildman–Crippen MR) is 110 cm³/mol. The van der Waals surface area contributed by atoms with Gasteiger partial charge in [0.1, 0.15) is 17.4 Å². The lowest BCUT2D eigenvalue weighted by Gasteiger charge is -2.28.